The monoisotopic (exact) mass is 257 g/mol. The third-order valence-corrected chi connectivity index (χ3v) is 4.40. The first-order valence-electron chi connectivity index (χ1n) is 6.47. The summed E-state index contributed by atoms with van der Waals surface area (Å²) in [6.07, 6.45) is 2.69. The van der Waals surface area contributed by atoms with Crippen LogP contribution < -0.4 is 0 Å². The van der Waals surface area contributed by atoms with Gasteiger partial charge in [-0.25, -0.2) is 0 Å². The van der Waals surface area contributed by atoms with E-state index in [4.69, 9.17) is 0 Å². The van der Waals surface area contributed by atoms with Gasteiger partial charge in [0, 0.05) is 24.8 Å². The Kier molecular flexibility index (Phi) is 6.03. The van der Waals surface area contributed by atoms with Crippen LogP contribution in [-0.4, -0.2) is 40.2 Å². The van der Waals surface area contributed by atoms with Crippen LogP contribution in [0.5, 0.6) is 0 Å². The highest BCUT2D eigenvalue weighted by Gasteiger charge is 2.24. The van der Waals surface area contributed by atoms with Crippen molar-refractivity contribution >= 4 is 23.5 Å². The van der Waals surface area contributed by atoms with E-state index in [1.807, 2.05) is 16.7 Å². The summed E-state index contributed by atoms with van der Waals surface area (Å²) >= 11 is 2.00. The molecule has 1 saturated heterocycles. The molecule has 1 fully saturated rings. The Hall–Kier alpha value is -0.510. The Morgan fingerprint density at radius 3 is 2.35 bits per heavy atom. The number of ketones is 1. The van der Waals surface area contributed by atoms with Crippen LogP contribution in [0, 0.1) is 0 Å². The van der Waals surface area contributed by atoms with Gasteiger partial charge in [0.15, 0.2) is 0 Å². The zero-order valence-electron chi connectivity index (χ0n) is 11.1. The zero-order chi connectivity index (χ0) is 12.8. The van der Waals surface area contributed by atoms with Crippen molar-refractivity contribution in [1.29, 1.82) is 0 Å². The van der Waals surface area contributed by atoms with Gasteiger partial charge < -0.3 is 4.90 Å². The maximum absolute atomic E-state index is 11.8. The van der Waals surface area contributed by atoms with Crippen molar-refractivity contribution in [2.24, 2.45) is 0 Å². The van der Waals surface area contributed by atoms with Crippen molar-refractivity contribution in [2.45, 2.75) is 57.0 Å². The van der Waals surface area contributed by atoms with Crippen LogP contribution in [-0.2, 0) is 9.59 Å². The third-order valence-electron chi connectivity index (χ3n) is 3.00. The lowest BCUT2D eigenvalue weighted by Gasteiger charge is -2.32. The number of thioether (sulfide) groups is 1. The van der Waals surface area contributed by atoms with Crippen LogP contribution >= 0.6 is 11.8 Å². The first kappa shape index (κ1) is 14.6. The number of amides is 1. The van der Waals surface area contributed by atoms with Crippen LogP contribution in [0.4, 0.5) is 0 Å². The second kappa shape index (κ2) is 7.04. The SMILES string of the molecule is CCC(=O)CC(=O)N1CCC(SC(C)C)CC1. The van der Waals surface area contributed by atoms with Crippen molar-refractivity contribution in [3.63, 3.8) is 0 Å². The molecule has 0 saturated carbocycles. The Balaban J connectivity index is 2.31. The second-order valence-electron chi connectivity index (χ2n) is 4.83. The topological polar surface area (TPSA) is 37.4 Å². The van der Waals surface area contributed by atoms with Gasteiger partial charge in [0.1, 0.15) is 5.78 Å². The first-order chi connectivity index (χ1) is 8.02. The van der Waals surface area contributed by atoms with Crippen molar-refractivity contribution in [1.82, 2.24) is 4.90 Å². The molecular weight excluding hydrogens is 234 g/mol. The molecular formula is C13H23NO2S. The minimum absolute atomic E-state index is 0.0184. The smallest absolute Gasteiger partial charge is 0.230 e. The van der Waals surface area contributed by atoms with E-state index in [2.05, 4.69) is 13.8 Å². The lowest BCUT2D eigenvalue weighted by atomic mass is 10.1. The molecule has 0 atom stereocenters. The Labute approximate surface area is 108 Å². The van der Waals surface area contributed by atoms with Crippen molar-refractivity contribution < 1.29 is 9.59 Å². The fraction of sp³-hybridized carbons (Fsp3) is 0.846. The number of hydrogen-bond donors (Lipinski definition) is 0. The zero-order valence-corrected chi connectivity index (χ0v) is 11.9. The summed E-state index contributed by atoms with van der Waals surface area (Å²) in [4.78, 5) is 24.9. The highest BCUT2D eigenvalue weighted by Crippen LogP contribution is 2.26. The fourth-order valence-electron chi connectivity index (χ4n) is 2.03. The molecule has 0 aromatic heterocycles. The Bertz CT molecular complexity index is 271. The predicted octanol–water partition coefficient (Wildman–Crippen LogP) is 2.49. The minimum atomic E-state index is 0.0184. The van der Waals surface area contributed by atoms with Gasteiger partial charge in [0.2, 0.25) is 5.91 Å². The van der Waals surface area contributed by atoms with Gasteiger partial charge in [-0.05, 0) is 18.1 Å². The van der Waals surface area contributed by atoms with Gasteiger partial charge >= 0.3 is 0 Å². The van der Waals surface area contributed by atoms with Crippen LogP contribution in [0.2, 0.25) is 0 Å². The van der Waals surface area contributed by atoms with E-state index in [1.54, 1.807) is 6.92 Å². The average molecular weight is 257 g/mol. The molecule has 98 valence electrons. The van der Waals surface area contributed by atoms with Crippen molar-refractivity contribution in [3.05, 3.63) is 0 Å². The lowest BCUT2D eigenvalue weighted by Crippen LogP contribution is -2.40. The highest BCUT2D eigenvalue weighted by atomic mass is 32.2. The Morgan fingerprint density at radius 1 is 1.29 bits per heavy atom. The number of carbonyl (C=O) groups is 2. The van der Waals surface area contributed by atoms with E-state index >= 15 is 0 Å². The van der Waals surface area contributed by atoms with E-state index < -0.39 is 0 Å². The van der Waals surface area contributed by atoms with E-state index in [-0.39, 0.29) is 18.1 Å². The summed E-state index contributed by atoms with van der Waals surface area (Å²) in [5.74, 6) is 0.0681. The van der Waals surface area contributed by atoms with Gasteiger partial charge in [-0.1, -0.05) is 20.8 Å². The molecule has 1 heterocycles. The highest BCUT2D eigenvalue weighted by molar-refractivity contribution is 8.00. The second-order valence-corrected chi connectivity index (χ2v) is 6.72. The molecule has 0 aromatic carbocycles. The largest absolute Gasteiger partial charge is 0.342 e. The molecule has 3 nitrogen and oxygen atoms in total. The van der Waals surface area contributed by atoms with Crippen LogP contribution in [0.1, 0.15) is 46.5 Å². The molecule has 0 bridgehead atoms. The average Bonchev–Trinajstić information content (AvgIpc) is 2.28. The molecule has 0 aromatic rings. The molecule has 1 aliphatic heterocycles. The van der Waals surface area contributed by atoms with Crippen LogP contribution in [0.15, 0.2) is 0 Å². The first-order valence-corrected chi connectivity index (χ1v) is 7.42. The molecule has 4 heteroatoms. The van der Waals surface area contributed by atoms with Crippen molar-refractivity contribution in [2.75, 3.05) is 13.1 Å². The van der Waals surface area contributed by atoms with Crippen LogP contribution in [0.25, 0.3) is 0 Å². The lowest BCUT2D eigenvalue weighted by molar-refractivity contribution is -0.135. The molecule has 0 N–H and O–H groups in total. The number of hydrogen-bond acceptors (Lipinski definition) is 3. The molecule has 0 radical (unpaired) electrons. The summed E-state index contributed by atoms with van der Waals surface area (Å²) in [7, 11) is 0. The molecule has 0 unspecified atom stereocenters. The van der Waals surface area contributed by atoms with Crippen LogP contribution in [0.3, 0.4) is 0 Å². The van der Waals surface area contributed by atoms with Gasteiger partial charge in [0.25, 0.3) is 0 Å². The molecule has 0 spiro atoms. The maximum atomic E-state index is 11.8. The summed E-state index contributed by atoms with van der Waals surface area (Å²) in [6.45, 7) is 7.87. The number of rotatable bonds is 5. The van der Waals surface area contributed by atoms with E-state index in [0.717, 1.165) is 25.9 Å². The van der Waals surface area contributed by atoms with E-state index in [0.29, 0.717) is 16.9 Å². The summed E-state index contributed by atoms with van der Waals surface area (Å²) in [6, 6.07) is 0. The number of carbonyl (C=O) groups excluding carboxylic acids is 2. The van der Waals surface area contributed by atoms with Crippen molar-refractivity contribution in [3.8, 4) is 0 Å². The number of nitrogens with zero attached hydrogens (tertiary/aromatic N) is 1. The maximum Gasteiger partial charge on any atom is 0.230 e. The number of piperidine rings is 1. The third kappa shape index (κ3) is 5.11. The van der Waals surface area contributed by atoms with E-state index in [9.17, 15) is 9.59 Å². The fourth-order valence-corrected chi connectivity index (χ4v) is 3.28. The standard InChI is InChI=1S/C13H23NO2S/c1-4-11(15)9-13(16)14-7-5-12(6-8-14)17-10(2)3/h10,12H,4-9H2,1-3H3. The number of Topliss-reactive ketones (excluding diaryl/α,β-unsaturated/α-hetero) is 1. The molecule has 1 aliphatic rings. The molecule has 17 heavy (non-hydrogen) atoms. The predicted molar refractivity (Wildman–Crippen MR) is 72.2 cm³/mol. The van der Waals surface area contributed by atoms with Gasteiger partial charge in [-0.2, -0.15) is 11.8 Å². The van der Waals surface area contributed by atoms with E-state index in [1.165, 1.54) is 0 Å². The molecule has 0 aliphatic carbocycles. The van der Waals surface area contributed by atoms with Gasteiger partial charge in [-0.15, -0.1) is 0 Å². The summed E-state index contributed by atoms with van der Waals surface area (Å²) in [5, 5.41) is 1.34. The quantitative estimate of drug-likeness (QED) is 0.710. The summed E-state index contributed by atoms with van der Waals surface area (Å²) in [5.41, 5.74) is 0. The number of likely N-dealkylation sites (tertiary alicyclic amines) is 1. The Morgan fingerprint density at radius 2 is 1.88 bits per heavy atom. The molecule has 1 rings (SSSR count). The van der Waals surface area contributed by atoms with Gasteiger partial charge in [0.05, 0.1) is 6.42 Å². The summed E-state index contributed by atoms with van der Waals surface area (Å²) < 4.78 is 0. The minimum Gasteiger partial charge on any atom is -0.342 e. The van der Waals surface area contributed by atoms with Gasteiger partial charge in [-0.3, -0.25) is 9.59 Å². The molecule has 1 amide bonds. The normalized spacial score (nSPS) is 17.5.